The quantitative estimate of drug-likeness (QED) is 0.885. The summed E-state index contributed by atoms with van der Waals surface area (Å²) in [6, 6.07) is 4.19. The Hall–Kier alpha value is -1.00. The van der Waals surface area contributed by atoms with Crippen LogP contribution in [0.5, 0.6) is 0 Å². The van der Waals surface area contributed by atoms with E-state index in [9.17, 15) is 8.78 Å². The van der Waals surface area contributed by atoms with Gasteiger partial charge in [0.2, 0.25) is 0 Å². The molecule has 0 aromatic heterocycles. The molecule has 1 aromatic carbocycles. The van der Waals surface area contributed by atoms with E-state index < -0.39 is 0 Å². The van der Waals surface area contributed by atoms with Crippen LogP contribution in [-0.4, -0.2) is 30.6 Å². The van der Waals surface area contributed by atoms with E-state index in [1.807, 2.05) is 6.92 Å². The highest BCUT2D eigenvalue weighted by atomic mass is 19.1. The molecule has 1 aromatic rings. The Bertz CT molecular complexity index is 449. The monoisotopic (exact) mass is 266 g/mol. The number of hydrogen-bond donors (Lipinski definition) is 1. The Morgan fingerprint density at radius 1 is 1.32 bits per heavy atom. The minimum Gasteiger partial charge on any atom is -0.312 e. The fourth-order valence-electron chi connectivity index (χ4n) is 3.43. The van der Waals surface area contributed by atoms with Crippen molar-refractivity contribution in [1.29, 1.82) is 0 Å². The van der Waals surface area contributed by atoms with Crippen molar-refractivity contribution in [2.24, 2.45) is 5.92 Å². The van der Waals surface area contributed by atoms with Crippen LogP contribution in [0.4, 0.5) is 8.78 Å². The largest absolute Gasteiger partial charge is 0.312 e. The summed E-state index contributed by atoms with van der Waals surface area (Å²) >= 11 is 0. The van der Waals surface area contributed by atoms with Crippen molar-refractivity contribution in [1.82, 2.24) is 10.2 Å². The zero-order valence-corrected chi connectivity index (χ0v) is 11.2. The van der Waals surface area contributed by atoms with Crippen LogP contribution < -0.4 is 5.32 Å². The van der Waals surface area contributed by atoms with E-state index in [1.54, 1.807) is 0 Å². The molecule has 104 valence electrons. The van der Waals surface area contributed by atoms with Gasteiger partial charge in [0.1, 0.15) is 11.6 Å². The van der Waals surface area contributed by atoms with E-state index in [-0.39, 0.29) is 17.7 Å². The highest BCUT2D eigenvalue weighted by Crippen LogP contribution is 2.32. The fraction of sp³-hybridized carbons (Fsp3) is 0.600. The van der Waals surface area contributed by atoms with Gasteiger partial charge in [-0.25, -0.2) is 8.78 Å². The summed E-state index contributed by atoms with van der Waals surface area (Å²) in [5, 5.41) is 3.53. The molecule has 2 fully saturated rings. The van der Waals surface area contributed by atoms with Crippen molar-refractivity contribution in [2.45, 2.75) is 31.8 Å². The van der Waals surface area contributed by atoms with Gasteiger partial charge in [0.15, 0.2) is 0 Å². The lowest BCUT2D eigenvalue weighted by molar-refractivity contribution is 0.245. The lowest BCUT2D eigenvalue weighted by Gasteiger charge is -2.25. The molecule has 4 heteroatoms. The summed E-state index contributed by atoms with van der Waals surface area (Å²) in [5.74, 6) is -0.0115. The summed E-state index contributed by atoms with van der Waals surface area (Å²) < 4.78 is 27.1. The summed E-state index contributed by atoms with van der Waals surface area (Å²) in [6.45, 7) is 4.96. The van der Waals surface area contributed by atoms with Gasteiger partial charge < -0.3 is 5.32 Å². The van der Waals surface area contributed by atoms with E-state index >= 15 is 0 Å². The van der Waals surface area contributed by atoms with Crippen molar-refractivity contribution < 1.29 is 8.78 Å². The van der Waals surface area contributed by atoms with E-state index in [2.05, 4.69) is 10.2 Å². The van der Waals surface area contributed by atoms with Gasteiger partial charge in [0.25, 0.3) is 0 Å². The Morgan fingerprint density at radius 3 is 2.95 bits per heavy atom. The molecule has 3 rings (SSSR count). The van der Waals surface area contributed by atoms with E-state index in [1.165, 1.54) is 31.0 Å². The first kappa shape index (κ1) is 13.0. The Kier molecular flexibility index (Phi) is 3.54. The number of hydrogen-bond acceptors (Lipinski definition) is 2. The molecule has 2 aliphatic rings. The number of fused-ring (bicyclic) bond motifs is 1. The first-order valence-electron chi connectivity index (χ1n) is 7.07. The molecule has 2 aliphatic heterocycles. The average molecular weight is 266 g/mol. The van der Waals surface area contributed by atoms with Crippen LogP contribution in [0.3, 0.4) is 0 Å². The third kappa shape index (κ3) is 2.51. The Morgan fingerprint density at radius 2 is 2.16 bits per heavy atom. The number of nitrogens with one attached hydrogen (secondary N) is 1. The van der Waals surface area contributed by atoms with Crippen molar-refractivity contribution in [2.75, 3.05) is 19.6 Å². The lowest BCUT2D eigenvalue weighted by atomic mass is 9.94. The number of benzene rings is 1. The predicted molar refractivity (Wildman–Crippen MR) is 70.9 cm³/mol. The fourth-order valence-corrected chi connectivity index (χ4v) is 3.43. The topological polar surface area (TPSA) is 15.3 Å². The molecular weight excluding hydrogens is 246 g/mol. The molecule has 0 radical (unpaired) electrons. The molecule has 1 unspecified atom stereocenters. The second-order valence-corrected chi connectivity index (χ2v) is 5.76. The zero-order valence-electron chi connectivity index (χ0n) is 11.2. The SMILES string of the molecule is CC(c1cc(F)ccc1F)N1C[C@@H]2CCCN[C@@H]2C1. The first-order chi connectivity index (χ1) is 9.15. The molecule has 3 atom stereocenters. The lowest BCUT2D eigenvalue weighted by Crippen LogP contribution is -2.40. The van der Waals surface area contributed by atoms with Crippen LogP contribution in [0.2, 0.25) is 0 Å². The molecule has 0 aliphatic carbocycles. The Balaban J connectivity index is 1.77. The molecule has 2 heterocycles. The van der Waals surface area contributed by atoms with Gasteiger partial charge in [-0.2, -0.15) is 0 Å². The van der Waals surface area contributed by atoms with Gasteiger partial charge in [0.05, 0.1) is 0 Å². The number of piperidine rings is 1. The summed E-state index contributed by atoms with van der Waals surface area (Å²) in [7, 11) is 0. The van der Waals surface area contributed by atoms with Gasteiger partial charge >= 0.3 is 0 Å². The third-order valence-electron chi connectivity index (χ3n) is 4.58. The van der Waals surface area contributed by atoms with E-state index in [0.717, 1.165) is 19.6 Å². The number of halogens is 2. The third-order valence-corrected chi connectivity index (χ3v) is 4.58. The highest BCUT2D eigenvalue weighted by molar-refractivity contribution is 5.22. The first-order valence-corrected chi connectivity index (χ1v) is 7.07. The van der Waals surface area contributed by atoms with Gasteiger partial charge in [-0.3, -0.25) is 4.90 Å². The minimum atomic E-state index is -0.363. The standard InChI is InChI=1S/C15H20F2N2/c1-10(13-7-12(16)4-5-14(13)17)19-8-11-3-2-6-18-15(11)9-19/h4-5,7,10-11,15,18H,2-3,6,8-9H2,1H3/t10?,11-,15+/m0/s1. The van der Waals surface area contributed by atoms with Gasteiger partial charge in [-0.1, -0.05) is 0 Å². The van der Waals surface area contributed by atoms with Crippen LogP contribution in [0, 0.1) is 17.6 Å². The summed E-state index contributed by atoms with van der Waals surface area (Å²) in [5.41, 5.74) is 0.471. The molecule has 2 nitrogen and oxygen atoms in total. The number of nitrogens with zero attached hydrogens (tertiary/aromatic N) is 1. The molecule has 1 N–H and O–H groups in total. The molecule has 0 amide bonds. The molecule has 0 bridgehead atoms. The maximum absolute atomic E-state index is 13.8. The van der Waals surface area contributed by atoms with Crippen molar-refractivity contribution in [3.8, 4) is 0 Å². The van der Waals surface area contributed by atoms with Gasteiger partial charge in [-0.05, 0) is 50.4 Å². The molecule has 2 saturated heterocycles. The van der Waals surface area contributed by atoms with Gasteiger partial charge in [0, 0.05) is 30.7 Å². The molecule has 19 heavy (non-hydrogen) atoms. The van der Waals surface area contributed by atoms with Crippen LogP contribution in [0.15, 0.2) is 18.2 Å². The zero-order chi connectivity index (χ0) is 13.4. The number of likely N-dealkylation sites (tertiary alicyclic amines) is 1. The summed E-state index contributed by atoms with van der Waals surface area (Å²) in [6.07, 6.45) is 2.46. The predicted octanol–water partition coefficient (Wildman–Crippen LogP) is 2.71. The normalized spacial score (nSPS) is 29.2. The maximum atomic E-state index is 13.8. The second-order valence-electron chi connectivity index (χ2n) is 5.76. The molecule has 0 spiro atoms. The van der Waals surface area contributed by atoms with Crippen LogP contribution in [0.25, 0.3) is 0 Å². The molecular formula is C15H20F2N2. The van der Waals surface area contributed by atoms with Crippen molar-refractivity contribution in [3.63, 3.8) is 0 Å². The average Bonchev–Trinajstić information content (AvgIpc) is 2.84. The second kappa shape index (κ2) is 5.17. The smallest absolute Gasteiger partial charge is 0.128 e. The Labute approximate surface area is 112 Å². The van der Waals surface area contributed by atoms with E-state index in [0.29, 0.717) is 17.5 Å². The highest BCUT2D eigenvalue weighted by Gasteiger charge is 2.36. The van der Waals surface area contributed by atoms with Crippen molar-refractivity contribution >= 4 is 0 Å². The number of rotatable bonds is 2. The van der Waals surface area contributed by atoms with Crippen molar-refractivity contribution in [3.05, 3.63) is 35.4 Å². The van der Waals surface area contributed by atoms with E-state index in [4.69, 9.17) is 0 Å². The van der Waals surface area contributed by atoms with Crippen LogP contribution in [-0.2, 0) is 0 Å². The maximum Gasteiger partial charge on any atom is 0.128 e. The van der Waals surface area contributed by atoms with Crippen LogP contribution >= 0.6 is 0 Å². The minimum absolute atomic E-state index is 0.0666. The summed E-state index contributed by atoms with van der Waals surface area (Å²) in [4.78, 5) is 2.27. The van der Waals surface area contributed by atoms with Gasteiger partial charge in [-0.15, -0.1) is 0 Å². The molecule has 0 saturated carbocycles. The van der Waals surface area contributed by atoms with Crippen LogP contribution in [0.1, 0.15) is 31.4 Å².